The van der Waals surface area contributed by atoms with Gasteiger partial charge in [-0.25, -0.2) is 0 Å². The molecule has 0 aliphatic carbocycles. The van der Waals surface area contributed by atoms with Gasteiger partial charge in [0.05, 0.1) is 0 Å². The molecule has 2 aromatic carbocycles. The van der Waals surface area contributed by atoms with Crippen LogP contribution in [0.5, 0.6) is 0 Å². The van der Waals surface area contributed by atoms with Gasteiger partial charge in [-0.1, -0.05) is 15.9 Å². The van der Waals surface area contributed by atoms with Crippen LogP contribution >= 0.6 is 15.9 Å². The molecule has 0 radical (unpaired) electrons. The number of anilines is 1. The highest BCUT2D eigenvalue weighted by Gasteiger charge is 2.11. The summed E-state index contributed by atoms with van der Waals surface area (Å²) in [4.78, 5) is 26.6. The molecule has 1 unspecified atom stereocenters. The molecular weight excluding hydrogens is 394 g/mol. The van der Waals surface area contributed by atoms with Gasteiger partial charge < -0.3 is 15.5 Å². The fraction of sp³-hybridized carbons (Fsp3) is 0.300. The zero-order valence-electron chi connectivity index (χ0n) is 15.3. The Morgan fingerprint density at radius 2 is 1.50 bits per heavy atom. The standard InChI is InChI=1S/C20H24BrN3O2/c1-14(12-13-24(2)3)22-19(25)16-6-10-18(11-7-16)23-20(26)15-4-8-17(21)9-5-15/h4-11,14H,12-13H2,1-3H3,(H,22,25)(H,23,26). The second kappa shape index (κ2) is 9.50. The molecule has 6 heteroatoms. The molecule has 0 heterocycles. The van der Waals surface area contributed by atoms with E-state index < -0.39 is 0 Å². The number of benzene rings is 2. The van der Waals surface area contributed by atoms with Crippen molar-refractivity contribution in [3.63, 3.8) is 0 Å². The molecule has 0 bridgehead atoms. The number of carbonyl (C=O) groups is 2. The molecule has 2 aromatic rings. The largest absolute Gasteiger partial charge is 0.350 e. The van der Waals surface area contributed by atoms with Gasteiger partial charge in [0.1, 0.15) is 0 Å². The molecule has 2 rings (SSSR count). The first-order chi connectivity index (χ1) is 12.3. The van der Waals surface area contributed by atoms with Crippen LogP contribution < -0.4 is 10.6 Å². The summed E-state index contributed by atoms with van der Waals surface area (Å²) in [5, 5.41) is 5.81. The number of rotatable bonds is 7. The number of halogens is 1. The molecule has 26 heavy (non-hydrogen) atoms. The topological polar surface area (TPSA) is 61.4 Å². The average molecular weight is 418 g/mol. The van der Waals surface area contributed by atoms with E-state index in [1.165, 1.54) is 0 Å². The summed E-state index contributed by atoms with van der Waals surface area (Å²) in [5.41, 5.74) is 1.79. The number of nitrogens with zero attached hydrogens (tertiary/aromatic N) is 1. The lowest BCUT2D eigenvalue weighted by Gasteiger charge is -2.16. The maximum atomic E-state index is 12.3. The molecule has 2 amide bonds. The van der Waals surface area contributed by atoms with E-state index in [9.17, 15) is 9.59 Å². The summed E-state index contributed by atoms with van der Waals surface area (Å²) in [6.45, 7) is 2.91. The van der Waals surface area contributed by atoms with Crippen molar-refractivity contribution in [2.75, 3.05) is 26.0 Å². The maximum Gasteiger partial charge on any atom is 0.255 e. The van der Waals surface area contributed by atoms with Gasteiger partial charge in [0.2, 0.25) is 0 Å². The maximum absolute atomic E-state index is 12.3. The van der Waals surface area contributed by atoms with Crippen LogP contribution in [0.1, 0.15) is 34.1 Å². The van der Waals surface area contributed by atoms with Crippen LogP contribution in [0, 0.1) is 0 Å². The van der Waals surface area contributed by atoms with E-state index >= 15 is 0 Å². The molecule has 0 aromatic heterocycles. The molecule has 0 spiro atoms. The quantitative estimate of drug-likeness (QED) is 0.720. The Morgan fingerprint density at radius 1 is 0.962 bits per heavy atom. The van der Waals surface area contributed by atoms with Gasteiger partial charge in [0.25, 0.3) is 11.8 Å². The number of hydrogen-bond donors (Lipinski definition) is 2. The minimum atomic E-state index is -0.188. The molecule has 1 atom stereocenters. The second-order valence-electron chi connectivity index (χ2n) is 6.50. The van der Waals surface area contributed by atoms with E-state index in [-0.39, 0.29) is 17.9 Å². The van der Waals surface area contributed by atoms with Crippen LogP contribution in [-0.2, 0) is 0 Å². The molecule has 0 aliphatic heterocycles. The van der Waals surface area contributed by atoms with Crippen molar-refractivity contribution in [1.29, 1.82) is 0 Å². The average Bonchev–Trinajstić information content (AvgIpc) is 2.61. The molecule has 0 saturated heterocycles. The first-order valence-electron chi connectivity index (χ1n) is 8.47. The van der Waals surface area contributed by atoms with Crippen molar-refractivity contribution in [3.05, 3.63) is 64.1 Å². The first-order valence-corrected chi connectivity index (χ1v) is 9.27. The molecular formula is C20H24BrN3O2. The minimum absolute atomic E-state index is 0.0988. The molecule has 0 aliphatic rings. The van der Waals surface area contributed by atoms with E-state index in [1.54, 1.807) is 36.4 Å². The van der Waals surface area contributed by atoms with E-state index in [0.29, 0.717) is 16.8 Å². The first kappa shape index (κ1) is 20.1. The van der Waals surface area contributed by atoms with Crippen molar-refractivity contribution in [2.24, 2.45) is 0 Å². The molecule has 0 saturated carbocycles. The SMILES string of the molecule is CC(CCN(C)C)NC(=O)c1ccc(NC(=O)c2ccc(Br)cc2)cc1. The predicted octanol–water partition coefficient (Wildman–Crippen LogP) is 3.77. The summed E-state index contributed by atoms with van der Waals surface area (Å²) >= 11 is 3.34. The fourth-order valence-electron chi connectivity index (χ4n) is 2.34. The molecule has 0 fully saturated rings. The number of hydrogen-bond acceptors (Lipinski definition) is 3. The van der Waals surface area contributed by atoms with Crippen LogP contribution in [0.25, 0.3) is 0 Å². The van der Waals surface area contributed by atoms with E-state index in [0.717, 1.165) is 17.4 Å². The highest BCUT2D eigenvalue weighted by atomic mass is 79.9. The third-order valence-electron chi connectivity index (χ3n) is 3.90. The van der Waals surface area contributed by atoms with Gasteiger partial charge in [-0.3, -0.25) is 9.59 Å². The third-order valence-corrected chi connectivity index (χ3v) is 4.43. The van der Waals surface area contributed by atoms with E-state index in [4.69, 9.17) is 0 Å². The van der Waals surface area contributed by atoms with Gasteiger partial charge in [-0.2, -0.15) is 0 Å². The van der Waals surface area contributed by atoms with Gasteiger partial charge >= 0.3 is 0 Å². The Labute approximate surface area is 162 Å². The number of nitrogens with one attached hydrogen (secondary N) is 2. The van der Waals surface area contributed by atoms with E-state index in [2.05, 4.69) is 31.5 Å². The van der Waals surface area contributed by atoms with Crippen molar-refractivity contribution in [1.82, 2.24) is 10.2 Å². The monoisotopic (exact) mass is 417 g/mol. The zero-order chi connectivity index (χ0) is 19.1. The predicted molar refractivity (Wildman–Crippen MR) is 109 cm³/mol. The third kappa shape index (κ3) is 6.28. The Bertz CT molecular complexity index is 743. The van der Waals surface area contributed by atoms with Crippen LogP contribution in [0.2, 0.25) is 0 Å². The zero-order valence-corrected chi connectivity index (χ0v) is 16.8. The van der Waals surface area contributed by atoms with Crippen LogP contribution in [0.3, 0.4) is 0 Å². The number of carbonyl (C=O) groups excluding carboxylic acids is 2. The van der Waals surface area contributed by atoms with Gasteiger partial charge in [-0.15, -0.1) is 0 Å². The summed E-state index contributed by atoms with van der Waals surface area (Å²) < 4.78 is 0.921. The summed E-state index contributed by atoms with van der Waals surface area (Å²) in [6.07, 6.45) is 0.889. The van der Waals surface area contributed by atoms with Crippen LogP contribution in [0.4, 0.5) is 5.69 Å². The lowest BCUT2D eigenvalue weighted by atomic mass is 10.1. The Hall–Kier alpha value is -2.18. The molecule has 2 N–H and O–H groups in total. The van der Waals surface area contributed by atoms with Crippen molar-refractivity contribution in [3.8, 4) is 0 Å². The van der Waals surface area contributed by atoms with Gasteiger partial charge in [0.15, 0.2) is 0 Å². The van der Waals surface area contributed by atoms with Crippen molar-refractivity contribution >= 4 is 33.4 Å². The van der Waals surface area contributed by atoms with Gasteiger partial charge in [-0.05, 0) is 82.5 Å². The summed E-state index contributed by atoms with van der Waals surface area (Å²) in [7, 11) is 4.02. The van der Waals surface area contributed by atoms with Crippen molar-refractivity contribution in [2.45, 2.75) is 19.4 Å². The summed E-state index contributed by atoms with van der Waals surface area (Å²) in [6, 6.07) is 14.1. The molecule has 138 valence electrons. The van der Waals surface area contributed by atoms with Crippen LogP contribution in [0.15, 0.2) is 53.0 Å². The Morgan fingerprint density at radius 3 is 2.08 bits per heavy atom. The second-order valence-corrected chi connectivity index (χ2v) is 7.42. The smallest absolute Gasteiger partial charge is 0.255 e. The van der Waals surface area contributed by atoms with Gasteiger partial charge in [0, 0.05) is 27.3 Å². The lowest BCUT2D eigenvalue weighted by molar-refractivity contribution is 0.0936. The Kier molecular flexibility index (Phi) is 7.36. The highest BCUT2D eigenvalue weighted by molar-refractivity contribution is 9.10. The minimum Gasteiger partial charge on any atom is -0.350 e. The fourth-order valence-corrected chi connectivity index (χ4v) is 2.60. The molecule has 5 nitrogen and oxygen atoms in total. The van der Waals surface area contributed by atoms with E-state index in [1.807, 2.05) is 33.2 Å². The normalized spacial score (nSPS) is 11.9. The highest BCUT2D eigenvalue weighted by Crippen LogP contribution is 2.14. The Balaban J connectivity index is 1.91. The van der Waals surface area contributed by atoms with Crippen LogP contribution in [-0.4, -0.2) is 43.4 Å². The summed E-state index contributed by atoms with van der Waals surface area (Å²) in [5.74, 6) is -0.297. The number of amides is 2. The lowest BCUT2D eigenvalue weighted by Crippen LogP contribution is -2.34. The van der Waals surface area contributed by atoms with Crippen molar-refractivity contribution < 1.29 is 9.59 Å².